The normalized spacial score (nSPS) is 11.7. The molecule has 0 saturated carbocycles. The largest absolute Gasteiger partial charge is 1.00 e. The number of nitrogens with zero attached hydrogens (tertiary/aromatic N) is 1. The van der Waals surface area contributed by atoms with Crippen LogP contribution in [0.1, 0.15) is 220 Å². The summed E-state index contributed by atoms with van der Waals surface area (Å²) in [5.74, 6) is 0. The molecule has 40 heavy (non-hydrogen) atoms. The van der Waals surface area contributed by atoms with Gasteiger partial charge in [-0.2, -0.15) is 0 Å². The summed E-state index contributed by atoms with van der Waals surface area (Å²) in [5.41, 5.74) is 0. The maximum Gasteiger partial charge on any atom is 0.0786 e. The molecular formula is C38H80ClN. The Hall–Kier alpha value is 0.250. The van der Waals surface area contributed by atoms with Crippen LogP contribution >= 0.6 is 0 Å². The van der Waals surface area contributed by atoms with Gasteiger partial charge in [-0.1, -0.05) is 169 Å². The molecule has 0 unspecified atom stereocenters. The van der Waals surface area contributed by atoms with E-state index in [9.17, 15) is 0 Å². The van der Waals surface area contributed by atoms with Gasteiger partial charge in [0.2, 0.25) is 0 Å². The minimum atomic E-state index is 0. The fraction of sp³-hybridized carbons (Fsp3) is 1.00. The first-order valence-corrected chi connectivity index (χ1v) is 19.1. The smallest absolute Gasteiger partial charge is 0.0786 e. The first kappa shape index (κ1) is 42.4. The van der Waals surface area contributed by atoms with Crippen LogP contribution in [-0.4, -0.2) is 30.7 Å². The molecule has 0 radical (unpaired) electrons. The second kappa shape index (κ2) is 35.4. The van der Waals surface area contributed by atoms with Crippen LogP contribution in [0.3, 0.4) is 0 Å². The van der Waals surface area contributed by atoms with Crippen molar-refractivity contribution in [3.63, 3.8) is 0 Å². The number of hydrogen-bond acceptors (Lipinski definition) is 0. The highest BCUT2D eigenvalue weighted by Crippen LogP contribution is 2.20. The highest BCUT2D eigenvalue weighted by atomic mass is 35.5. The molecule has 0 rings (SSSR count). The second-order valence-corrected chi connectivity index (χ2v) is 13.4. The standard InChI is InChI=1S/C38H80N.ClH/c1-5-9-13-17-18-19-20-21-22-23-24-25-26-27-28-29-30-34-38-39(35-31-14-10-6-2,36-32-15-11-7-3)37-33-16-12-8-4;/h5-38H2,1-4H3;1H/q+1;/p-1. The van der Waals surface area contributed by atoms with Crippen LogP contribution in [0.4, 0.5) is 0 Å². The van der Waals surface area contributed by atoms with E-state index in [2.05, 4.69) is 27.7 Å². The minimum Gasteiger partial charge on any atom is -1.00 e. The van der Waals surface area contributed by atoms with Crippen LogP contribution in [0.25, 0.3) is 0 Å². The van der Waals surface area contributed by atoms with Gasteiger partial charge in [0.1, 0.15) is 0 Å². The number of halogens is 1. The van der Waals surface area contributed by atoms with Crippen molar-refractivity contribution in [2.24, 2.45) is 0 Å². The Morgan fingerprint density at radius 3 is 0.575 bits per heavy atom. The zero-order valence-corrected chi connectivity index (χ0v) is 29.6. The van der Waals surface area contributed by atoms with Crippen molar-refractivity contribution >= 4 is 0 Å². The van der Waals surface area contributed by atoms with E-state index in [4.69, 9.17) is 0 Å². The Morgan fingerprint density at radius 2 is 0.375 bits per heavy atom. The summed E-state index contributed by atoms with van der Waals surface area (Å²) < 4.78 is 1.47. The molecule has 0 spiro atoms. The third-order valence-electron chi connectivity index (χ3n) is 9.44. The van der Waals surface area contributed by atoms with Crippen molar-refractivity contribution in [3.05, 3.63) is 0 Å². The van der Waals surface area contributed by atoms with Crippen LogP contribution in [0, 0.1) is 0 Å². The SMILES string of the molecule is CCCCCCCCCCCCCCCCCCCC[N+](CCCCCC)(CCCCCC)CCCCCC.[Cl-]. The predicted octanol–water partition coefficient (Wildman–Crippen LogP) is 10.6. The highest BCUT2D eigenvalue weighted by Gasteiger charge is 2.25. The van der Waals surface area contributed by atoms with Gasteiger partial charge in [-0.25, -0.2) is 0 Å². The van der Waals surface area contributed by atoms with Crippen LogP contribution in [0.15, 0.2) is 0 Å². The maximum atomic E-state index is 2.36. The predicted molar refractivity (Wildman–Crippen MR) is 181 cm³/mol. The lowest BCUT2D eigenvalue weighted by atomic mass is 10.0. The molecule has 0 aromatic heterocycles. The molecule has 0 saturated heterocycles. The molecule has 0 aromatic carbocycles. The molecule has 1 nitrogen and oxygen atoms in total. The van der Waals surface area contributed by atoms with Crippen LogP contribution in [0.2, 0.25) is 0 Å². The van der Waals surface area contributed by atoms with Crippen molar-refractivity contribution in [2.75, 3.05) is 26.2 Å². The van der Waals surface area contributed by atoms with E-state index < -0.39 is 0 Å². The fourth-order valence-corrected chi connectivity index (χ4v) is 6.64. The molecule has 0 aliphatic heterocycles. The summed E-state index contributed by atoms with van der Waals surface area (Å²) in [6.45, 7) is 15.3. The second-order valence-electron chi connectivity index (χ2n) is 13.4. The molecule has 0 N–H and O–H groups in total. The Morgan fingerprint density at radius 1 is 0.225 bits per heavy atom. The molecule has 0 aliphatic carbocycles. The first-order valence-electron chi connectivity index (χ1n) is 19.1. The van der Waals surface area contributed by atoms with Crippen molar-refractivity contribution in [2.45, 2.75) is 220 Å². The van der Waals surface area contributed by atoms with Gasteiger partial charge in [-0.15, -0.1) is 0 Å². The lowest BCUT2D eigenvalue weighted by Gasteiger charge is -2.39. The molecule has 0 atom stereocenters. The summed E-state index contributed by atoms with van der Waals surface area (Å²) in [6, 6.07) is 0. The number of rotatable bonds is 34. The Bertz CT molecular complexity index is 406. The molecule has 0 aliphatic rings. The van der Waals surface area contributed by atoms with E-state index >= 15 is 0 Å². The topological polar surface area (TPSA) is 0 Å². The first-order chi connectivity index (χ1) is 19.2. The summed E-state index contributed by atoms with van der Waals surface area (Å²) >= 11 is 0. The molecule has 0 aromatic rings. The van der Waals surface area contributed by atoms with E-state index in [-0.39, 0.29) is 12.4 Å². The number of unbranched alkanes of at least 4 members (excludes halogenated alkanes) is 26. The zero-order chi connectivity index (χ0) is 28.5. The average Bonchev–Trinajstić information content (AvgIpc) is 2.95. The van der Waals surface area contributed by atoms with Gasteiger partial charge >= 0.3 is 0 Å². The van der Waals surface area contributed by atoms with E-state index in [1.165, 1.54) is 223 Å². The molecule has 0 heterocycles. The molecule has 0 fully saturated rings. The van der Waals surface area contributed by atoms with Gasteiger partial charge in [0.25, 0.3) is 0 Å². The summed E-state index contributed by atoms with van der Waals surface area (Å²) in [4.78, 5) is 0. The van der Waals surface area contributed by atoms with Gasteiger partial charge in [0.05, 0.1) is 26.2 Å². The van der Waals surface area contributed by atoms with Crippen LogP contribution in [-0.2, 0) is 0 Å². The Kier molecular flexibility index (Phi) is 37.6. The van der Waals surface area contributed by atoms with Crippen molar-refractivity contribution in [3.8, 4) is 0 Å². The minimum absolute atomic E-state index is 0. The average molecular weight is 587 g/mol. The Balaban J connectivity index is 0. The van der Waals surface area contributed by atoms with Gasteiger partial charge in [-0.05, 0) is 51.4 Å². The molecule has 0 amide bonds. The lowest BCUT2D eigenvalue weighted by molar-refractivity contribution is -0.929. The number of quaternary nitrogens is 1. The molecule has 2 heteroatoms. The quantitative estimate of drug-likeness (QED) is 0.0520. The lowest BCUT2D eigenvalue weighted by Crippen LogP contribution is -3.00. The van der Waals surface area contributed by atoms with E-state index in [1.807, 2.05) is 0 Å². The molecular weight excluding hydrogens is 506 g/mol. The van der Waals surface area contributed by atoms with Gasteiger partial charge in [0.15, 0.2) is 0 Å². The Labute approximate surface area is 262 Å². The summed E-state index contributed by atoms with van der Waals surface area (Å²) in [5, 5.41) is 0. The number of hydrogen-bond donors (Lipinski definition) is 0. The van der Waals surface area contributed by atoms with Crippen molar-refractivity contribution in [1.29, 1.82) is 0 Å². The third kappa shape index (κ3) is 29.7. The monoisotopic (exact) mass is 586 g/mol. The maximum absolute atomic E-state index is 2.36. The fourth-order valence-electron chi connectivity index (χ4n) is 6.64. The summed E-state index contributed by atoms with van der Waals surface area (Å²) in [6.07, 6.45) is 43.8. The van der Waals surface area contributed by atoms with E-state index in [0.29, 0.717) is 0 Å². The van der Waals surface area contributed by atoms with Crippen molar-refractivity contribution < 1.29 is 16.9 Å². The van der Waals surface area contributed by atoms with Crippen molar-refractivity contribution in [1.82, 2.24) is 0 Å². The molecule has 244 valence electrons. The van der Waals surface area contributed by atoms with Crippen LogP contribution < -0.4 is 12.4 Å². The van der Waals surface area contributed by atoms with Crippen LogP contribution in [0.5, 0.6) is 0 Å². The zero-order valence-electron chi connectivity index (χ0n) is 28.9. The van der Waals surface area contributed by atoms with Gasteiger partial charge < -0.3 is 16.9 Å². The van der Waals surface area contributed by atoms with E-state index in [1.54, 1.807) is 0 Å². The molecule has 0 bridgehead atoms. The van der Waals surface area contributed by atoms with Gasteiger partial charge in [0, 0.05) is 0 Å². The third-order valence-corrected chi connectivity index (χ3v) is 9.44. The van der Waals surface area contributed by atoms with E-state index in [0.717, 1.165) is 0 Å². The highest BCUT2D eigenvalue weighted by molar-refractivity contribution is 4.55. The summed E-state index contributed by atoms with van der Waals surface area (Å²) in [7, 11) is 0. The van der Waals surface area contributed by atoms with Gasteiger partial charge in [-0.3, -0.25) is 0 Å².